The lowest BCUT2D eigenvalue weighted by molar-refractivity contribution is 0.174. The summed E-state index contributed by atoms with van der Waals surface area (Å²) in [5, 5.41) is 13.6. The maximum Gasteiger partial charge on any atom is 0.253 e. The van der Waals surface area contributed by atoms with Gasteiger partial charge in [-0.1, -0.05) is 0 Å². The summed E-state index contributed by atoms with van der Waals surface area (Å²) in [5.74, 6) is 2.77. The zero-order valence-electron chi connectivity index (χ0n) is 22.0. The zero-order valence-corrected chi connectivity index (χ0v) is 22.0. The number of hydrogen-bond acceptors (Lipinski definition) is 9. The number of aromatic amines is 1. The molecule has 4 heterocycles. The number of ether oxygens (including phenoxy) is 3. The fourth-order valence-electron chi connectivity index (χ4n) is 5.19. The number of rotatable bonds is 5. The molecule has 0 radical (unpaired) electrons. The minimum absolute atomic E-state index is 0.171. The molecule has 2 aromatic carbocycles. The molecule has 0 amide bonds. The van der Waals surface area contributed by atoms with Crippen LogP contribution in [-0.4, -0.2) is 70.2 Å². The Morgan fingerprint density at radius 1 is 1.00 bits per heavy atom. The van der Waals surface area contributed by atoms with Crippen LogP contribution < -0.4 is 24.7 Å². The lowest BCUT2D eigenvalue weighted by Gasteiger charge is -2.40. The summed E-state index contributed by atoms with van der Waals surface area (Å²) >= 11 is 0. The maximum absolute atomic E-state index is 13.6. The molecule has 4 aromatic rings. The topological polar surface area (TPSA) is 111 Å². The molecule has 1 saturated heterocycles. The predicted octanol–water partition coefficient (Wildman–Crippen LogP) is 2.92. The summed E-state index contributed by atoms with van der Waals surface area (Å²) in [6.45, 7) is 9.38. The number of tetrazole rings is 1. The first-order valence-corrected chi connectivity index (χ1v) is 12.7. The number of pyridine rings is 1. The van der Waals surface area contributed by atoms with E-state index in [0.29, 0.717) is 28.4 Å². The molecule has 2 aliphatic heterocycles. The van der Waals surface area contributed by atoms with Gasteiger partial charge in [-0.25, -0.2) is 4.68 Å². The molecule has 198 valence electrons. The molecule has 1 atom stereocenters. The third kappa shape index (κ3) is 4.32. The summed E-state index contributed by atoms with van der Waals surface area (Å²) < 4.78 is 18.2. The number of nitrogens with zero attached hydrogens (tertiary/aromatic N) is 6. The van der Waals surface area contributed by atoms with Crippen LogP contribution in [0.1, 0.15) is 38.2 Å². The largest absolute Gasteiger partial charge is 0.497 e. The Balaban J connectivity index is 1.38. The number of benzene rings is 2. The van der Waals surface area contributed by atoms with Crippen LogP contribution in [-0.2, 0) is 5.54 Å². The molecular formula is C27H31N7O4. The van der Waals surface area contributed by atoms with E-state index in [-0.39, 0.29) is 17.9 Å². The minimum Gasteiger partial charge on any atom is -0.497 e. The molecule has 11 nitrogen and oxygen atoms in total. The predicted molar refractivity (Wildman–Crippen MR) is 142 cm³/mol. The second-order valence-electron chi connectivity index (χ2n) is 10.6. The van der Waals surface area contributed by atoms with Gasteiger partial charge in [0.2, 0.25) is 6.79 Å². The van der Waals surface area contributed by atoms with Gasteiger partial charge in [0.15, 0.2) is 17.3 Å². The lowest BCUT2D eigenvalue weighted by atomic mass is 10.0. The molecule has 0 aliphatic carbocycles. The summed E-state index contributed by atoms with van der Waals surface area (Å²) in [5.41, 5.74) is 1.89. The van der Waals surface area contributed by atoms with E-state index in [9.17, 15) is 4.79 Å². The first-order valence-electron chi connectivity index (χ1n) is 12.7. The highest BCUT2D eigenvalue weighted by Crippen LogP contribution is 2.37. The van der Waals surface area contributed by atoms with Crippen LogP contribution in [0.2, 0.25) is 0 Å². The van der Waals surface area contributed by atoms with Gasteiger partial charge >= 0.3 is 0 Å². The molecule has 2 aromatic heterocycles. The Labute approximate surface area is 219 Å². The van der Waals surface area contributed by atoms with Crippen LogP contribution >= 0.6 is 0 Å². The number of anilines is 1. The molecule has 1 N–H and O–H groups in total. The van der Waals surface area contributed by atoms with E-state index >= 15 is 0 Å². The molecule has 0 bridgehead atoms. The van der Waals surface area contributed by atoms with Gasteiger partial charge in [0.1, 0.15) is 11.8 Å². The van der Waals surface area contributed by atoms with Crippen molar-refractivity contribution in [2.45, 2.75) is 32.4 Å². The van der Waals surface area contributed by atoms with Gasteiger partial charge < -0.3 is 24.1 Å². The van der Waals surface area contributed by atoms with Gasteiger partial charge in [-0.2, -0.15) is 0 Å². The smallest absolute Gasteiger partial charge is 0.253 e. The average molecular weight is 518 g/mol. The fourth-order valence-corrected chi connectivity index (χ4v) is 5.19. The molecule has 6 rings (SSSR count). The lowest BCUT2D eigenvalue weighted by Crippen LogP contribution is -2.49. The van der Waals surface area contributed by atoms with Crippen molar-refractivity contribution in [2.24, 2.45) is 0 Å². The van der Waals surface area contributed by atoms with Crippen LogP contribution in [0.25, 0.3) is 10.9 Å². The van der Waals surface area contributed by atoms with Gasteiger partial charge in [0.05, 0.1) is 18.2 Å². The third-order valence-electron chi connectivity index (χ3n) is 7.15. The number of fused-ring (bicyclic) bond motifs is 2. The first-order chi connectivity index (χ1) is 18.3. The van der Waals surface area contributed by atoms with Gasteiger partial charge in [0.25, 0.3) is 5.56 Å². The van der Waals surface area contributed by atoms with Crippen molar-refractivity contribution < 1.29 is 14.2 Å². The molecule has 0 unspecified atom stereocenters. The van der Waals surface area contributed by atoms with Crippen molar-refractivity contribution in [1.82, 2.24) is 30.1 Å². The van der Waals surface area contributed by atoms with Gasteiger partial charge in [-0.15, -0.1) is 5.10 Å². The van der Waals surface area contributed by atoms with Crippen molar-refractivity contribution >= 4 is 16.6 Å². The van der Waals surface area contributed by atoms with Gasteiger partial charge in [-0.05, 0) is 67.6 Å². The molecular weight excluding hydrogens is 486 g/mol. The highest BCUT2D eigenvalue weighted by Gasteiger charge is 2.35. The standard InChI is InChI=1S/C27H31N7O4/c1-27(2,3)34-25(29-30-31-34)24(33-11-9-32(10-12-33)18-5-7-19(36-4)8-6-18)20-13-17-14-22-23(38-16-37-22)15-21(17)28-26(20)35/h5-8,13-15,24H,9-12,16H2,1-4H3,(H,28,35)/t24-/m1/s1. The van der Waals surface area contributed by atoms with E-state index in [1.165, 1.54) is 0 Å². The summed E-state index contributed by atoms with van der Waals surface area (Å²) in [7, 11) is 1.67. The van der Waals surface area contributed by atoms with Crippen molar-refractivity contribution in [3.05, 3.63) is 64.2 Å². The molecule has 0 saturated carbocycles. The van der Waals surface area contributed by atoms with Crippen molar-refractivity contribution in [2.75, 3.05) is 45.0 Å². The van der Waals surface area contributed by atoms with Gasteiger partial charge in [-0.3, -0.25) is 9.69 Å². The number of piperazine rings is 1. The van der Waals surface area contributed by atoms with Crippen LogP contribution in [0.3, 0.4) is 0 Å². The number of aromatic nitrogens is 5. The van der Waals surface area contributed by atoms with Crippen molar-refractivity contribution in [3.8, 4) is 17.2 Å². The van der Waals surface area contributed by atoms with Crippen LogP contribution in [0.5, 0.6) is 17.2 Å². The van der Waals surface area contributed by atoms with E-state index in [0.717, 1.165) is 43.0 Å². The monoisotopic (exact) mass is 517 g/mol. The van der Waals surface area contributed by atoms with Gasteiger partial charge in [0, 0.05) is 48.9 Å². The Hall–Kier alpha value is -4.12. The quantitative estimate of drug-likeness (QED) is 0.427. The summed E-state index contributed by atoms with van der Waals surface area (Å²) in [6.07, 6.45) is 0. The fraction of sp³-hybridized carbons (Fsp3) is 0.407. The number of hydrogen-bond donors (Lipinski definition) is 1. The average Bonchev–Trinajstić information content (AvgIpc) is 3.58. The van der Waals surface area contributed by atoms with Crippen LogP contribution in [0.15, 0.2) is 47.3 Å². The number of nitrogens with one attached hydrogen (secondary N) is 1. The highest BCUT2D eigenvalue weighted by molar-refractivity contribution is 5.83. The Morgan fingerprint density at radius 2 is 1.71 bits per heavy atom. The normalized spacial score (nSPS) is 16.7. The SMILES string of the molecule is COc1ccc(N2CCN([C@H](c3cc4cc5c(cc4[nH]c3=O)OCO5)c3nnnn3C(C)(C)C)CC2)cc1. The van der Waals surface area contributed by atoms with E-state index < -0.39 is 6.04 Å². The summed E-state index contributed by atoms with van der Waals surface area (Å²) in [4.78, 5) is 21.2. The van der Waals surface area contributed by atoms with E-state index in [2.05, 4.69) is 63.2 Å². The molecule has 2 aliphatic rings. The molecule has 38 heavy (non-hydrogen) atoms. The van der Waals surface area contributed by atoms with E-state index in [4.69, 9.17) is 14.2 Å². The Bertz CT molecular complexity index is 1520. The first kappa shape index (κ1) is 24.2. The van der Waals surface area contributed by atoms with Crippen LogP contribution in [0.4, 0.5) is 5.69 Å². The van der Waals surface area contributed by atoms with E-state index in [1.54, 1.807) is 7.11 Å². The zero-order chi connectivity index (χ0) is 26.4. The molecule has 11 heteroatoms. The molecule has 1 fully saturated rings. The van der Waals surface area contributed by atoms with E-state index in [1.807, 2.05) is 35.0 Å². The third-order valence-corrected chi connectivity index (χ3v) is 7.15. The Kier molecular flexibility index (Phi) is 5.94. The highest BCUT2D eigenvalue weighted by atomic mass is 16.7. The summed E-state index contributed by atoms with van der Waals surface area (Å²) in [6, 6.07) is 13.3. The van der Waals surface area contributed by atoms with Crippen molar-refractivity contribution in [3.63, 3.8) is 0 Å². The second kappa shape index (κ2) is 9.32. The molecule has 0 spiro atoms. The maximum atomic E-state index is 13.6. The van der Waals surface area contributed by atoms with Crippen molar-refractivity contribution in [1.29, 1.82) is 0 Å². The minimum atomic E-state index is -0.430. The van der Waals surface area contributed by atoms with Crippen LogP contribution in [0, 0.1) is 0 Å². The second-order valence-corrected chi connectivity index (χ2v) is 10.6. The number of methoxy groups -OCH3 is 1. The number of H-pyrrole nitrogens is 1. The Morgan fingerprint density at radius 3 is 2.39 bits per heavy atom.